The fourth-order valence-corrected chi connectivity index (χ4v) is 1.20. The topological polar surface area (TPSA) is 70.7 Å². The number of hydrogen-bond acceptors (Lipinski definition) is 3. The Hall–Kier alpha value is -1.30. The molecule has 2 N–H and O–H groups in total. The van der Waals surface area contributed by atoms with E-state index in [4.69, 9.17) is 4.74 Å². The van der Waals surface area contributed by atoms with Crippen LogP contribution in [-0.4, -0.2) is 56.7 Å². The second-order valence-corrected chi connectivity index (χ2v) is 3.68. The van der Waals surface area contributed by atoms with Crippen molar-refractivity contribution in [3.8, 4) is 0 Å². The number of nitrogens with one attached hydrogen (secondary N) is 2. The van der Waals surface area contributed by atoms with E-state index in [-0.39, 0.29) is 24.5 Å². The summed E-state index contributed by atoms with van der Waals surface area (Å²) in [5.41, 5.74) is 0. The van der Waals surface area contributed by atoms with E-state index in [0.29, 0.717) is 13.2 Å². The zero-order chi connectivity index (χ0) is 11.3. The molecular formula is C9H17N3O3. The van der Waals surface area contributed by atoms with Crippen molar-refractivity contribution in [2.45, 2.75) is 12.5 Å². The normalized spacial score (nSPS) is 19.7. The Morgan fingerprint density at radius 2 is 2.20 bits per heavy atom. The van der Waals surface area contributed by atoms with E-state index < -0.39 is 0 Å². The summed E-state index contributed by atoms with van der Waals surface area (Å²) in [7, 11) is 3.29. The first-order valence-electron chi connectivity index (χ1n) is 4.92. The number of likely N-dealkylation sites (N-methyl/N-ethyl adjacent to an activating group) is 1. The van der Waals surface area contributed by atoms with Crippen LogP contribution in [0.5, 0.6) is 0 Å². The van der Waals surface area contributed by atoms with Gasteiger partial charge in [-0.15, -0.1) is 0 Å². The molecule has 3 amide bonds. The second-order valence-electron chi connectivity index (χ2n) is 3.68. The average molecular weight is 215 g/mol. The SMILES string of the molecule is CN(C)C(=O)CNC(=O)NC1CCOC1. The van der Waals surface area contributed by atoms with Gasteiger partial charge in [0.25, 0.3) is 0 Å². The fraction of sp³-hybridized carbons (Fsp3) is 0.778. The molecule has 1 rings (SSSR count). The Bertz CT molecular complexity index is 237. The monoisotopic (exact) mass is 215 g/mol. The standard InChI is InChI=1S/C9H17N3O3/c1-12(2)8(13)5-10-9(14)11-7-3-4-15-6-7/h7H,3-6H2,1-2H3,(H2,10,11,14). The summed E-state index contributed by atoms with van der Waals surface area (Å²) in [6.45, 7) is 1.25. The summed E-state index contributed by atoms with van der Waals surface area (Å²) in [4.78, 5) is 23.9. The molecule has 6 heteroatoms. The van der Waals surface area contributed by atoms with Gasteiger partial charge in [-0.3, -0.25) is 4.79 Å². The number of hydrogen-bond donors (Lipinski definition) is 2. The van der Waals surface area contributed by atoms with Crippen molar-refractivity contribution in [1.29, 1.82) is 0 Å². The summed E-state index contributed by atoms with van der Waals surface area (Å²) in [6, 6.07) is -0.250. The largest absolute Gasteiger partial charge is 0.379 e. The highest BCUT2D eigenvalue weighted by Gasteiger charge is 2.17. The highest BCUT2D eigenvalue weighted by Crippen LogP contribution is 2.02. The average Bonchev–Trinajstić information content (AvgIpc) is 2.66. The Labute approximate surface area is 88.9 Å². The highest BCUT2D eigenvalue weighted by molar-refractivity contribution is 5.83. The van der Waals surface area contributed by atoms with Gasteiger partial charge in [0.15, 0.2) is 0 Å². The molecule has 0 aromatic rings. The number of ether oxygens (including phenoxy) is 1. The number of carbonyl (C=O) groups excluding carboxylic acids is 2. The molecule has 0 aromatic heterocycles. The van der Waals surface area contributed by atoms with E-state index >= 15 is 0 Å². The Morgan fingerprint density at radius 1 is 1.47 bits per heavy atom. The quantitative estimate of drug-likeness (QED) is 0.645. The van der Waals surface area contributed by atoms with E-state index in [2.05, 4.69) is 10.6 Å². The third-order valence-electron chi connectivity index (χ3n) is 2.16. The van der Waals surface area contributed by atoms with Crippen molar-refractivity contribution >= 4 is 11.9 Å². The number of nitrogens with zero attached hydrogens (tertiary/aromatic N) is 1. The minimum atomic E-state index is -0.319. The number of urea groups is 1. The lowest BCUT2D eigenvalue weighted by atomic mass is 10.3. The molecule has 0 saturated carbocycles. The van der Waals surface area contributed by atoms with Gasteiger partial charge < -0.3 is 20.3 Å². The number of carbonyl (C=O) groups is 2. The molecule has 1 saturated heterocycles. The van der Waals surface area contributed by atoms with Gasteiger partial charge in [0.05, 0.1) is 19.2 Å². The fourth-order valence-electron chi connectivity index (χ4n) is 1.20. The van der Waals surface area contributed by atoms with Crippen LogP contribution >= 0.6 is 0 Å². The van der Waals surface area contributed by atoms with Crippen LogP contribution < -0.4 is 10.6 Å². The molecule has 1 aliphatic heterocycles. The molecule has 1 atom stereocenters. The van der Waals surface area contributed by atoms with E-state index in [1.165, 1.54) is 4.90 Å². The molecule has 86 valence electrons. The van der Waals surface area contributed by atoms with Gasteiger partial charge >= 0.3 is 6.03 Å². The lowest BCUT2D eigenvalue weighted by Gasteiger charge is -2.13. The zero-order valence-corrected chi connectivity index (χ0v) is 9.08. The number of rotatable bonds is 3. The molecule has 0 aliphatic carbocycles. The van der Waals surface area contributed by atoms with Crippen LogP contribution in [0.15, 0.2) is 0 Å². The van der Waals surface area contributed by atoms with E-state index in [1.807, 2.05) is 0 Å². The molecule has 1 aliphatic rings. The first-order chi connectivity index (χ1) is 7.09. The summed E-state index contributed by atoms with van der Waals surface area (Å²) in [5.74, 6) is -0.132. The smallest absolute Gasteiger partial charge is 0.315 e. The maximum Gasteiger partial charge on any atom is 0.315 e. The molecule has 0 aromatic carbocycles. The van der Waals surface area contributed by atoms with E-state index in [1.54, 1.807) is 14.1 Å². The Morgan fingerprint density at radius 3 is 2.73 bits per heavy atom. The summed E-state index contributed by atoms with van der Waals surface area (Å²) in [6.07, 6.45) is 0.828. The van der Waals surface area contributed by atoms with E-state index in [0.717, 1.165) is 6.42 Å². The molecular weight excluding hydrogens is 198 g/mol. The van der Waals surface area contributed by atoms with Crippen LogP contribution in [0.3, 0.4) is 0 Å². The minimum absolute atomic E-state index is 0.0202. The molecule has 0 bridgehead atoms. The van der Waals surface area contributed by atoms with Crippen molar-refractivity contribution in [2.75, 3.05) is 33.9 Å². The third kappa shape index (κ3) is 4.16. The van der Waals surface area contributed by atoms with E-state index in [9.17, 15) is 9.59 Å². The van der Waals surface area contributed by atoms with Crippen molar-refractivity contribution in [3.05, 3.63) is 0 Å². The van der Waals surface area contributed by atoms with Crippen molar-refractivity contribution < 1.29 is 14.3 Å². The molecule has 15 heavy (non-hydrogen) atoms. The van der Waals surface area contributed by atoms with Crippen LogP contribution in [0.2, 0.25) is 0 Å². The van der Waals surface area contributed by atoms with Gasteiger partial charge in [-0.2, -0.15) is 0 Å². The van der Waals surface area contributed by atoms with Gasteiger partial charge in [-0.05, 0) is 6.42 Å². The van der Waals surface area contributed by atoms with Crippen molar-refractivity contribution in [1.82, 2.24) is 15.5 Å². The van der Waals surface area contributed by atoms with Crippen LogP contribution in [0.1, 0.15) is 6.42 Å². The predicted octanol–water partition coefficient (Wildman–Crippen LogP) is -0.837. The van der Waals surface area contributed by atoms with Gasteiger partial charge in [-0.1, -0.05) is 0 Å². The molecule has 1 fully saturated rings. The van der Waals surface area contributed by atoms with Crippen LogP contribution in [0, 0.1) is 0 Å². The van der Waals surface area contributed by atoms with Gasteiger partial charge in [0.1, 0.15) is 0 Å². The molecule has 6 nitrogen and oxygen atoms in total. The summed E-state index contributed by atoms with van der Waals surface area (Å²) >= 11 is 0. The zero-order valence-electron chi connectivity index (χ0n) is 9.08. The van der Waals surface area contributed by atoms with Crippen LogP contribution in [-0.2, 0) is 9.53 Å². The van der Waals surface area contributed by atoms with Gasteiger partial charge in [0.2, 0.25) is 5.91 Å². The summed E-state index contributed by atoms with van der Waals surface area (Å²) < 4.78 is 5.10. The first kappa shape index (κ1) is 11.8. The predicted molar refractivity (Wildman–Crippen MR) is 54.5 cm³/mol. The Balaban J connectivity index is 2.15. The maximum absolute atomic E-state index is 11.3. The summed E-state index contributed by atoms with van der Waals surface area (Å²) in [5, 5.41) is 5.22. The third-order valence-corrected chi connectivity index (χ3v) is 2.16. The number of amides is 3. The van der Waals surface area contributed by atoms with Gasteiger partial charge in [-0.25, -0.2) is 4.79 Å². The molecule has 1 heterocycles. The first-order valence-corrected chi connectivity index (χ1v) is 4.92. The van der Waals surface area contributed by atoms with Crippen LogP contribution in [0.4, 0.5) is 4.79 Å². The Kier molecular flexibility index (Phi) is 4.36. The van der Waals surface area contributed by atoms with Crippen molar-refractivity contribution in [3.63, 3.8) is 0 Å². The molecule has 0 spiro atoms. The highest BCUT2D eigenvalue weighted by atomic mass is 16.5. The van der Waals surface area contributed by atoms with Gasteiger partial charge in [0, 0.05) is 20.7 Å². The maximum atomic E-state index is 11.3. The molecule has 1 unspecified atom stereocenters. The minimum Gasteiger partial charge on any atom is -0.379 e. The van der Waals surface area contributed by atoms with Crippen LogP contribution in [0.25, 0.3) is 0 Å². The van der Waals surface area contributed by atoms with Crippen molar-refractivity contribution in [2.24, 2.45) is 0 Å². The second kappa shape index (κ2) is 5.55. The molecule has 0 radical (unpaired) electrons. The lowest BCUT2D eigenvalue weighted by Crippen LogP contribution is -2.45. The lowest BCUT2D eigenvalue weighted by molar-refractivity contribution is -0.127.